The van der Waals surface area contributed by atoms with Crippen LogP contribution in [0.5, 0.6) is 5.75 Å². The van der Waals surface area contributed by atoms with Crippen molar-refractivity contribution in [2.45, 2.75) is 31.5 Å². The molecule has 160 valence electrons. The Labute approximate surface area is 173 Å². The summed E-state index contributed by atoms with van der Waals surface area (Å²) in [5.41, 5.74) is 0.165. The predicted octanol–water partition coefficient (Wildman–Crippen LogP) is 3.78. The molecule has 1 aromatic carbocycles. The molecule has 1 aromatic heterocycles. The van der Waals surface area contributed by atoms with Crippen LogP contribution in [0.2, 0.25) is 0 Å². The molecule has 0 saturated carbocycles. The molecule has 2 aliphatic heterocycles. The maximum Gasteiger partial charge on any atom is 0.419 e. The number of pyridine rings is 1. The Bertz CT molecular complexity index is 901. The number of methoxy groups -OCH3 is 1. The Morgan fingerprint density at radius 1 is 1.17 bits per heavy atom. The van der Waals surface area contributed by atoms with E-state index in [1.165, 1.54) is 12.3 Å². The van der Waals surface area contributed by atoms with Gasteiger partial charge in [-0.15, -0.1) is 0 Å². The molecule has 0 N–H and O–H groups in total. The molecule has 2 unspecified atom stereocenters. The molecule has 4 rings (SSSR count). The number of anilines is 1. The number of carbonyl (C=O) groups excluding carboxylic acids is 1. The summed E-state index contributed by atoms with van der Waals surface area (Å²) in [6.07, 6.45) is -1.16. The molecule has 2 aliphatic rings. The van der Waals surface area contributed by atoms with Crippen LogP contribution in [0, 0.1) is 5.92 Å². The van der Waals surface area contributed by atoms with Crippen molar-refractivity contribution >= 4 is 11.7 Å². The van der Waals surface area contributed by atoms with Gasteiger partial charge in [0.25, 0.3) is 0 Å². The van der Waals surface area contributed by atoms with E-state index in [1.807, 2.05) is 29.2 Å². The first kappa shape index (κ1) is 20.5. The van der Waals surface area contributed by atoms with Gasteiger partial charge in [0.1, 0.15) is 11.6 Å². The van der Waals surface area contributed by atoms with Crippen molar-refractivity contribution in [2.75, 3.05) is 31.6 Å². The van der Waals surface area contributed by atoms with Crippen LogP contribution >= 0.6 is 0 Å². The summed E-state index contributed by atoms with van der Waals surface area (Å²) in [6.45, 7) is 1.54. The van der Waals surface area contributed by atoms with Crippen LogP contribution in [0.1, 0.15) is 24.0 Å². The van der Waals surface area contributed by atoms with Gasteiger partial charge < -0.3 is 14.5 Å². The van der Waals surface area contributed by atoms with Crippen LogP contribution in [0.3, 0.4) is 0 Å². The predicted molar refractivity (Wildman–Crippen MR) is 106 cm³/mol. The molecule has 30 heavy (non-hydrogen) atoms. The van der Waals surface area contributed by atoms with E-state index < -0.39 is 11.7 Å². The van der Waals surface area contributed by atoms with Gasteiger partial charge >= 0.3 is 6.18 Å². The van der Waals surface area contributed by atoms with Crippen molar-refractivity contribution in [1.82, 2.24) is 9.88 Å². The third kappa shape index (κ3) is 4.08. The van der Waals surface area contributed by atoms with Crippen molar-refractivity contribution < 1.29 is 22.7 Å². The fourth-order valence-corrected chi connectivity index (χ4v) is 4.53. The number of nitrogens with zero attached hydrogens (tertiary/aromatic N) is 3. The van der Waals surface area contributed by atoms with E-state index in [4.69, 9.17) is 4.74 Å². The first-order valence-electron chi connectivity index (χ1n) is 10.1. The number of piperidine rings is 1. The summed E-state index contributed by atoms with van der Waals surface area (Å²) in [4.78, 5) is 20.5. The van der Waals surface area contributed by atoms with Crippen LogP contribution in [-0.4, -0.2) is 48.6 Å². The Kier molecular flexibility index (Phi) is 5.58. The third-order valence-electron chi connectivity index (χ3n) is 6.09. The van der Waals surface area contributed by atoms with Gasteiger partial charge in [-0.05, 0) is 48.6 Å². The van der Waals surface area contributed by atoms with Gasteiger partial charge in [-0.25, -0.2) is 4.98 Å². The zero-order valence-corrected chi connectivity index (χ0v) is 16.7. The number of ether oxygens (including phenoxy) is 1. The minimum absolute atomic E-state index is 0.00609. The van der Waals surface area contributed by atoms with Crippen molar-refractivity contribution in [3.05, 3.63) is 53.7 Å². The highest BCUT2D eigenvalue weighted by atomic mass is 19.4. The summed E-state index contributed by atoms with van der Waals surface area (Å²) < 4.78 is 45.4. The van der Waals surface area contributed by atoms with E-state index in [0.717, 1.165) is 30.2 Å². The van der Waals surface area contributed by atoms with E-state index in [1.54, 1.807) is 12.0 Å². The lowest BCUT2D eigenvalue weighted by atomic mass is 9.91. The summed E-state index contributed by atoms with van der Waals surface area (Å²) in [5, 5.41) is 0. The summed E-state index contributed by atoms with van der Waals surface area (Å²) in [5.74, 6) is 1.01. The number of aromatic nitrogens is 1. The van der Waals surface area contributed by atoms with Crippen LogP contribution < -0.4 is 9.64 Å². The van der Waals surface area contributed by atoms with Gasteiger partial charge in [0.05, 0.1) is 25.1 Å². The normalized spacial score (nSPS) is 21.5. The van der Waals surface area contributed by atoms with E-state index in [2.05, 4.69) is 4.98 Å². The molecule has 0 aliphatic carbocycles. The van der Waals surface area contributed by atoms with Crippen molar-refractivity contribution in [2.24, 2.45) is 5.92 Å². The first-order valence-corrected chi connectivity index (χ1v) is 10.1. The van der Waals surface area contributed by atoms with E-state index >= 15 is 0 Å². The molecule has 1 amide bonds. The number of halogens is 3. The lowest BCUT2D eigenvalue weighted by Crippen LogP contribution is -2.50. The van der Waals surface area contributed by atoms with Crippen LogP contribution in [0.15, 0.2) is 42.6 Å². The minimum atomic E-state index is -4.46. The molecule has 2 saturated heterocycles. The van der Waals surface area contributed by atoms with Crippen LogP contribution in [0.4, 0.5) is 19.0 Å². The average Bonchev–Trinajstić information content (AvgIpc) is 3.17. The maximum absolute atomic E-state index is 13.4. The zero-order chi connectivity index (χ0) is 21.3. The monoisotopic (exact) mass is 419 g/mol. The minimum Gasteiger partial charge on any atom is -0.497 e. The van der Waals surface area contributed by atoms with Crippen molar-refractivity contribution in [3.63, 3.8) is 0 Å². The van der Waals surface area contributed by atoms with Gasteiger partial charge in [0, 0.05) is 25.8 Å². The lowest BCUT2D eigenvalue weighted by molar-refractivity contribution is -0.137. The second-order valence-electron chi connectivity index (χ2n) is 7.84. The molecule has 0 bridgehead atoms. The SMILES string of the molecule is COc1ccc(CC(=O)N2CCC3CCN(c4ncccc4C(F)(F)F)CC32)cc1. The molecule has 0 radical (unpaired) electrons. The highest BCUT2D eigenvalue weighted by Crippen LogP contribution is 2.39. The molecule has 5 nitrogen and oxygen atoms in total. The highest BCUT2D eigenvalue weighted by molar-refractivity contribution is 5.79. The van der Waals surface area contributed by atoms with E-state index in [0.29, 0.717) is 25.6 Å². The second-order valence-corrected chi connectivity index (χ2v) is 7.84. The average molecular weight is 419 g/mol. The quantitative estimate of drug-likeness (QED) is 0.757. The van der Waals surface area contributed by atoms with Crippen LogP contribution in [0.25, 0.3) is 0 Å². The molecule has 0 spiro atoms. The van der Waals surface area contributed by atoms with Crippen molar-refractivity contribution in [1.29, 1.82) is 0 Å². The topological polar surface area (TPSA) is 45.7 Å². The number of alkyl halides is 3. The molecule has 2 fully saturated rings. The summed E-state index contributed by atoms with van der Waals surface area (Å²) in [6, 6.07) is 9.64. The lowest BCUT2D eigenvalue weighted by Gasteiger charge is -2.39. The molecular formula is C22H24F3N3O2. The Hall–Kier alpha value is -2.77. The number of benzene rings is 1. The highest BCUT2D eigenvalue weighted by Gasteiger charge is 2.43. The standard InChI is InChI=1S/C22H24F3N3O2/c1-30-17-6-4-15(5-7-17)13-20(29)28-12-9-16-8-11-27(14-19(16)28)21-18(22(23,24)25)3-2-10-26-21/h2-7,10,16,19H,8-9,11-14H2,1H3. The molecule has 3 heterocycles. The van der Waals surface area contributed by atoms with E-state index in [-0.39, 0.29) is 24.2 Å². The first-order chi connectivity index (χ1) is 14.4. The van der Waals surface area contributed by atoms with Gasteiger partial charge in [-0.1, -0.05) is 12.1 Å². The zero-order valence-electron chi connectivity index (χ0n) is 16.7. The smallest absolute Gasteiger partial charge is 0.419 e. The number of carbonyl (C=O) groups is 1. The molecule has 8 heteroatoms. The Morgan fingerprint density at radius 3 is 2.60 bits per heavy atom. The van der Waals surface area contributed by atoms with Gasteiger partial charge in [-0.3, -0.25) is 4.79 Å². The third-order valence-corrected chi connectivity index (χ3v) is 6.09. The van der Waals surface area contributed by atoms with Crippen LogP contribution in [-0.2, 0) is 17.4 Å². The number of hydrogen-bond donors (Lipinski definition) is 0. The Balaban J connectivity index is 1.49. The van der Waals surface area contributed by atoms with E-state index in [9.17, 15) is 18.0 Å². The fraction of sp³-hybridized carbons (Fsp3) is 0.455. The van der Waals surface area contributed by atoms with Gasteiger partial charge in [-0.2, -0.15) is 13.2 Å². The number of hydrogen-bond acceptors (Lipinski definition) is 4. The Morgan fingerprint density at radius 2 is 1.90 bits per heavy atom. The fourth-order valence-electron chi connectivity index (χ4n) is 4.53. The largest absolute Gasteiger partial charge is 0.497 e. The number of amides is 1. The number of likely N-dealkylation sites (tertiary alicyclic amines) is 1. The number of fused-ring (bicyclic) bond motifs is 1. The van der Waals surface area contributed by atoms with Crippen molar-refractivity contribution in [3.8, 4) is 5.75 Å². The second kappa shape index (κ2) is 8.16. The summed E-state index contributed by atoms with van der Waals surface area (Å²) >= 11 is 0. The van der Waals surface area contributed by atoms with Gasteiger partial charge in [0.15, 0.2) is 0 Å². The summed E-state index contributed by atoms with van der Waals surface area (Å²) in [7, 11) is 1.59. The maximum atomic E-state index is 13.4. The molecular weight excluding hydrogens is 395 g/mol. The molecule has 2 atom stereocenters. The van der Waals surface area contributed by atoms with Gasteiger partial charge in [0.2, 0.25) is 5.91 Å². The molecule has 2 aromatic rings. The number of rotatable bonds is 4.